The van der Waals surface area contributed by atoms with Crippen LogP contribution in [0.25, 0.3) is 15.5 Å². The normalized spacial score (nSPS) is 11.7. The molecule has 0 radical (unpaired) electrons. The number of fused-ring (bicyclic) bond motifs is 1. The Balaban J connectivity index is 1.78. The fraction of sp³-hybridized carbons (Fsp3) is 0.222. The van der Waals surface area contributed by atoms with Crippen molar-refractivity contribution in [1.29, 1.82) is 0 Å². The summed E-state index contributed by atoms with van der Waals surface area (Å²) in [5.74, 6) is 0.497. The van der Waals surface area contributed by atoms with Gasteiger partial charge in [0.2, 0.25) is 10.8 Å². The van der Waals surface area contributed by atoms with E-state index in [0.717, 1.165) is 22.0 Å². The maximum Gasteiger partial charge on any atom is 0.266 e. The van der Waals surface area contributed by atoms with Crippen LogP contribution in [0.1, 0.15) is 17.0 Å². The van der Waals surface area contributed by atoms with Crippen LogP contribution >= 0.6 is 23.6 Å². The predicted octanol–water partition coefficient (Wildman–Crippen LogP) is 2.69. The van der Waals surface area contributed by atoms with Gasteiger partial charge in [-0.2, -0.15) is 9.61 Å². The fourth-order valence-corrected chi connectivity index (χ4v) is 3.87. The van der Waals surface area contributed by atoms with Gasteiger partial charge in [0.25, 0.3) is 5.56 Å². The van der Waals surface area contributed by atoms with Crippen LogP contribution in [0.5, 0.6) is 5.88 Å². The molecule has 0 saturated heterocycles. The Morgan fingerprint density at radius 1 is 1.21 bits per heavy atom. The summed E-state index contributed by atoms with van der Waals surface area (Å²) in [6.45, 7) is 3.76. The number of aromatic nitrogens is 6. The minimum absolute atomic E-state index is 0.0721. The van der Waals surface area contributed by atoms with E-state index in [1.54, 1.807) is 18.6 Å². The van der Waals surface area contributed by atoms with Crippen LogP contribution in [0.4, 0.5) is 5.69 Å². The van der Waals surface area contributed by atoms with Gasteiger partial charge in [-0.3, -0.25) is 18.9 Å². The number of nitrogens with zero attached hydrogens (tertiary/aromatic N) is 7. The lowest BCUT2D eigenvalue weighted by Crippen LogP contribution is -2.25. The summed E-state index contributed by atoms with van der Waals surface area (Å²) in [5.41, 5.74) is 2.12. The van der Waals surface area contributed by atoms with Crippen molar-refractivity contribution in [3.05, 3.63) is 50.3 Å². The summed E-state index contributed by atoms with van der Waals surface area (Å²) in [7, 11) is 3.15. The Morgan fingerprint density at radius 2 is 1.97 bits per heavy atom. The van der Waals surface area contributed by atoms with E-state index in [4.69, 9.17) is 12.2 Å². The van der Waals surface area contributed by atoms with Crippen molar-refractivity contribution < 1.29 is 5.11 Å². The monoisotopic (exact) mass is 427 g/mol. The number of aliphatic imine (C=N–C) groups is 1. The van der Waals surface area contributed by atoms with Crippen LogP contribution in [0.15, 0.2) is 28.0 Å². The number of aryl methyl sites for hydroxylation is 2. The van der Waals surface area contributed by atoms with Crippen LogP contribution in [0.3, 0.4) is 0 Å². The molecule has 29 heavy (non-hydrogen) atoms. The van der Waals surface area contributed by atoms with E-state index in [0.29, 0.717) is 10.6 Å². The zero-order chi connectivity index (χ0) is 20.9. The largest absolute Gasteiger partial charge is 0.494 e. The lowest BCUT2D eigenvalue weighted by molar-refractivity contribution is 0.415. The Hall–Kier alpha value is -3.18. The number of benzene rings is 1. The highest BCUT2D eigenvalue weighted by Gasteiger charge is 2.13. The molecule has 148 valence electrons. The minimum Gasteiger partial charge on any atom is -0.494 e. The molecule has 0 aliphatic rings. The molecule has 1 aromatic carbocycles. The molecule has 0 saturated carbocycles. The molecule has 0 spiro atoms. The molecule has 11 heteroatoms. The topological polar surface area (TPSA) is 103 Å². The van der Waals surface area contributed by atoms with Crippen molar-refractivity contribution in [2.45, 2.75) is 13.8 Å². The number of hydrogen-bond donors (Lipinski definition) is 1. The third kappa shape index (κ3) is 3.17. The maximum atomic E-state index is 12.5. The van der Waals surface area contributed by atoms with Gasteiger partial charge in [0.05, 0.1) is 5.69 Å². The first kappa shape index (κ1) is 19.2. The zero-order valence-electron chi connectivity index (χ0n) is 16.1. The molecule has 0 aliphatic heterocycles. The molecule has 3 aromatic heterocycles. The molecule has 0 bridgehead atoms. The Kier molecular flexibility index (Phi) is 4.63. The first-order valence-corrected chi connectivity index (χ1v) is 9.83. The standard InChI is InChI=1S/C18H17N7O2S2/c1-9-5-6-11(14-22-25-10(2)20-21-17(25)29-14)7-13(9)19-8-12-15(26)23(3)18(28)24(4)16(12)27/h5-8,26H,1-4H3. The van der Waals surface area contributed by atoms with Gasteiger partial charge >= 0.3 is 0 Å². The molecule has 0 atom stereocenters. The number of rotatable bonds is 3. The maximum absolute atomic E-state index is 12.5. The molecule has 0 unspecified atom stereocenters. The lowest BCUT2D eigenvalue weighted by atomic mass is 10.1. The van der Waals surface area contributed by atoms with Crippen LogP contribution in [0.2, 0.25) is 0 Å². The van der Waals surface area contributed by atoms with Gasteiger partial charge in [0, 0.05) is 25.9 Å². The number of aromatic hydroxyl groups is 1. The molecular weight excluding hydrogens is 410 g/mol. The first-order valence-electron chi connectivity index (χ1n) is 8.61. The van der Waals surface area contributed by atoms with Crippen LogP contribution in [-0.4, -0.2) is 40.3 Å². The molecular formula is C18H17N7O2S2. The fourth-order valence-electron chi connectivity index (χ4n) is 2.82. The second kappa shape index (κ2) is 7.01. The smallest absolute Gasteiger partial charge is 0.266 e. The summed E-state index contributed by atoms with van der Waals surface area (Å²) in [6, 6.07) is 5.77. The van der Waals surface area contributed by atoms with E-state index < -0.39 is 5.56 Å². The molecule has 4 rings (SSSR count). The van der Waals surface area contributed by atoms with Gasteiger partial charge in [-0.05, 0) is 37.7 Å². The second-order valence-corrected chi connectivity index (χ2v) is 7.87. The van der Waals surface area contributed by atoms with E-state index in [1.807, 2.05) is 32.0 Å². The summed E-state index contributed by atoms with van der Waals surface area (Å²) in [5, 5.41) is 23.7. The molecule has 0 fully saturated rings. The molecule has 0 aliphatic carbocycles. The summed E-state index contributed by atoms with van der Waals surface area (Å²) in [4.78, 5) is 17.6. The average Bonchev–Trinajstić information content (AvgIpc) is 3.28. The van der Waals surface area contributed by atoms with Crippen LogP contribution < -0.4 is 5.56 Å². The van der Waals surface area contributed by atoms with Crippen molar-refractivity contribution in [2.24, 2.45) is 19.1 Å². The third-order valence-corrected chi connectivity index (χ3v) is 6.10. The first-order chi connectivity index (χ1) is 13.8. The quantitative estimate of drug-likeness (QED) is 0.398. The Labute approximate surface area is 174 Å². The summed E-state index contributed by atoms with van der Waals surface area (Å²) < 4.78 is 4.58. The Bertz CT molecular complexity index is 1410. The predicted molar refractivity (Wildman–Crippen MR) is 114 cm³/mol. The van der Waals surface area contributed by atoms with Crippen molar-refractivity contribution in [2.75, 3.05) is 0 Å². The molecule has 0 amide bonds. The van der Waals surface area contributed by atoms with E-state index in [9.17, 15) is 9.90 Å². The van der Waals surface area contributed by atoms with Gasteiger partial charge < -0.3 is 5.11 Å². The van der Waals surface area contributed by atoms with Gasteiger partial charge in [-0.25, -0.2) is 0 Å². The SMILES string of the molecule is Cc1ccc(-c2nn3c(C)nnc3s2)cc1N=Cc1c(O)n(C)c(=S)n(C)c1=O. The van der Waals surface area contributed by atoms with Crippen molar-refractivity contribution in [3.8, 4) is 16.5 Å². The molecule has 9 nitrogen and oxygen atoms in total. The van der Waals surface area contributed by atoms with Gasteiger partial charge in [-0.15, -0.1) is 10.2 Å². The number of hydrogen-bond acceptors (Lipinski definition) is 8. The average molecular weight is 428 g/mol. The second-order valence-electron chi connectivity index (χ2n) is 6.55. The minimum atomic E-state index is -0.410. The van der Waals surface area contributed by atoms with Crippen molar-refractivity contribution >= 4 is 40.4 Å². The van der Waals surface area contributed by atoms with Crippen LogP contribution in [0, 0.1) is 18.6 Å². The summed E-state index contributed by atoms with van der Waals surface area (Å²) >= 11 is 6.56. The van der Waals surface area contributed by atoms with Gasteiger partial charge in [0.1, 0.15) is 10.6 Å². The van der Waals surface area contributed by atoms with E-state index in [-0.39, 0.29) is 16.2 Å². The van der Waals surface area contributed by atoms with Gasteiger partial charge in [-0.1, -0.05) is 23.5 Å². The van der Waals surface area contributed by atoms with Gasteiger partial charge in [0.15, 0.2) is 10.6 Å². The van der Waals surface area contributed by atoms with Crippen molar-refractivity contribution in [3.63, 3.8) is 0 Å². The highest BCUT2D eigenvalue weighted by atomic mass is 32.1. The van der Waals surface area contributed by atoms with E-state index in [2.05, 4.69) is 20.3 Å². The van der Waals surface area contributed by atoms with E-state index in [1.165, 1.54) is 26.7 Å². The molecule has 1 N–H and O–H groups in total. The van der Waals surface area contributed by atoms with Crippen LogP contribution in [-0.2, 0) is 14.1 Å². The van der Waals surface area contributed by atoms with E-state index >= 15 is 0 Å². The highest BCUT2D eigenvalue weighted by Crippen LogP contribution is 2.30. The third-order valence-electron chi connectivity index (χ3n) is 4.60. The highest BCUT2D eigenvalue weighted by molar-refractivity contribution is 7.71. The zero-order valence-corrected chi connectivity index (χ0v) is 17.7. The Morgan fingerprint density at radius 3 is 2.69 bits per heavy atom. The lowest BCUT2D eigenvalue weighted by Gasteiger charge is -2.09. The molecule has 3 heterocycles. The van der Waals surface area contributed by atoms with Crippen molar-refractivity contribution in [1.82, 2.24) is 28.9 Å². The summed E-state index contributed by atoms with van der Waals surface area (Å²) in [6.07, 6.45) is 1.36. The molecule has 4 aromatic rings.